The van der Waals surface area contributed by atoms with Crippen molar-refractivity contribution in [2.45, 2.75) is 6.42 Å². The lowest BCUT2D eigenvalue weighted by molar-refractivity contribution is 0.0375. The molecule has 7 nitrogen and oxygen atoms in total. The molecule has 0 aliphatic carbocycles. The van der Waals surface area contributed by atoms with Crippen molar-refractivity contribution in [3.8, 4) is 0 Å². The number of nitrogens with one attached hydrogen (secondary N) is 3. The molecule has 0 radical (unpaired) electrons. The molecule has 22 heavy (non-hydrogen) atoms. The van der Waals surface area contributed by atoms with Crippen LogP contribution >= 0.6 is 0 Å². The van der Waals surface area contributed by atoms with Gasteiger partial charge in [0.05, 0.1) is 30.6 Å². The molecule has 0 atom stereocenters. The molecule has 118 valence electrons. The maximum absolute atomic E-state index is 11.9. The Balaban J connectivity index is 1.38. The molecule has 0 spiro atoms. The van der Waals surface area contributed by atoms with Gasteiger partial charge < -0.3 is 20.4 Å². The Kier molecular flexibility index (Phi) is 4.87. The third-order valence-electron chi connectivity index (χ3n) is 3.72. The van der Waals surface area contributed by atoms with E-state index in [-0.39, 0.29) is 6.03 Å². The number of nitrogens with zero attached hydrogens (tertiary/aromatic N) is 2. The predicted molar refractivity (Wildman–Crippen MR) is 85.0 cm³/mol. The molecule has 2 heterocycles. The fourth-order valence-electron chi connectivity index (χ4n) is 2.52. The Morgan fingerprint density at radius 3 is 3.09 bits per heavy atom. The van der Waals surface area contributed by atoms with Crippen molar-refractivity contribution in [2.24, 2.45) is 0 Å². The number of fused-ring (bicyclic) bond motifs is 1. The summed E-state index contributed by atoms with van der Waals surface area (Å²) in [5.74, 6) is 0. The number of amides is 2. The van der Waals surface area contributed by atoms with E-state index in [4.69, 9.17) is 4.74 Å². The quantitative estimate of drug-likeness (QED) is 0.729. The van der Waals surface area contributed by atoms with Crippen LogP contribution in [0.25, 0.3) is 11.0 Å². The minimum Gasteiger partial charge on any atom is -0.379 e. The van der Waals surface area contributed by atoms with Crippen LogP contribution in [0.3, 0.4) is 0 Å². The average molecular weight is 303 g/mol. The minimum absolute atomic E-state index is 0.180. The highest BCUT2D eigenvalue weighted by atomic mass is 16.5. The van der Waals surface area contributed by atoms with Crippen LogP contribution in [0.15, 0.2) is 24.5 Å². The van der Waals surface area contributed by atoms with Crippen molar-refractivity contribution in [2.75, 3.05) is 44.7 Å². The molecule has 2 aromatic rings. The number of aromatic amines is 1. The molecule has 0 unspecified atom stereocenters. The van der Waals surface area contributed by atoms with E-state index in [0.29, 0.717) is 6.54 Å². The number of anilines is 1. The molecule has 0 bridgehead atoms. The third-order valence-corrected chi connectivity index (χ3v) is 3.72. The molecule has 3 N–H and O–H groups in total. The normalized spacial score (nSPS) is 15.8. The summed E-state index contributed by atoms with van der Waals surface area (Å²) in [6, 6.07) is 5.41. The van der Waals surface area contributed by atoms with E-state index in [1.807, 2.05) is 18.2 Å². The summed E-state index contributed by atoms with van der Waals surface area (Å²) in [6.07, 6.45) is 2.58. The van der Waals surface area contributed by atoms with Gasteiger partial charge in [0, 0.05) is 25.3 Å². The number of carbonyl (C=O) groups excluding carboxylic acids is 1. The van der Waals surface area contributed by atoms with Crippen LogP contribution in [0.1, 0.15) is 6.42 Å². The molecule has 0 saturated carbocycles. The second kappa shape index (κ2) is 7.24. The molecule has 1 aromatic carbocycles. The van der Waals surface area contributed by atoms with Gasteiger partial charge in [-0.15, -0.1) is 0 Å². The fraction of sp³-hybridized carbons (Fsp3) is 0.467. The Morgan fingerprint density at radius 1 is 1.36 bits per heavy atom. The van der Waals surface area contributed by atoms with E-state index in [9.17, 15) is 4.79 Å². The first-order valence-electron chi connectivity index (χ1n) is 7.59. The summed E-state index contributed by atoms with van der Waals surface area (Å²) >= 11 is 0. The Labute approximate surface area is 129 Å². The number of imidazole rings is 1. The molecule has 1 saturated heterocycles. The predicted octanol–water partition coefficient (Wildman–Crippen LogP) is 1.41. The number of hydrogen-bond acceptors (Lipinski definition) is 4. The number of aromatic nitrogens is 2. The summed E-state index contributed by atoms with van der Waals surface area (Å²) in [7, 11) is 0. The van der Waals surface area contributed by atoms with Crippen LogP contribution in [0.4, 0.5) is 10.5 Å². The molecule has 7 heteroatoms. The SMILES string of the molecule is O=C(NCCCN1CCOCC1)Nc1ccc2nc[nH]c2c1. The zero-order chi connectivity index (χ0) is 15.2. The smallest absolute Gasteiger partial charge is 0.319 e. The Hall–Kier alpha value is -2.12. The zero-order valence-corrected chi connectivity index (χ0v) is 12.5. The van der Waals surface area contributed by atoms with Crippen molar-refractivity contribution >= 4 is 22.8 Å². The van der Waals surface area contributed by atoms with Gasteiger partial charge in [-0.1, -0.05) is 0 Å². The van der Waals surface area contributed by atoms with Gasteiger partial charge in [-0.3, -0.25) is 4.90 Å². The number of H-pyrrole nitrogens is 1. The van der Waals surface area contributed by atoms with E-state index in [1.165, 1.54) is 0 Å². The Morgan fingerprint density at radius 2 is 2.23 bits per heavy atom. The van der Waals surface area contributed by atoms with Crippen LogP contribution in [0.5, 0.6) is 0 Å². The van der Waals surface area contributed by atoms with E-state index in [1.54, 1.807) is 6.33 Å². The molecule has 2 amide bonds. The number of hydrogen-bond donors (Lipinski definition) is 3. The lowest BCUT2D eigenvalue weighted by Crippen LogP contribution is -2.38. The summed E-state index contributed by atoms with van der Waals surface area (Å²) < 4.78 is 5.31. The maximum atomic E-state index is 11.9. The highest BCUT2D eigenvalue weighted by Gasteiger charge is 2.09. The van der Waals surface area contributed by atoms with E-state index >= 15 is 0 Å². The molecule has 1 fully saturated rings. The monoisotopic (exact) mass is 303 g/mol. The minimum atomic E-state index is -0.180. The van der Waals surface area contributed by atoms with Crippen molar-refractivity contribution < 1.29 is 9.53 Å². The van der Waals surface area contributed by atoms with E-state index in [2.05, 4.69) is 25.5 Å². The van der Waals surface area contributed by atoms with Gasteiger partial charge in [-0.2, -0.15) is 0 Å². The molecule has 1 aromatic heterocycles. The Bertz CT molecular complexity index is 621. The van der Waals surface area contributed by atoms with Crippen molar-refractivity contribution in [1.29, 1.82) is 0 Å². The van der Waals surface area contributed by atoms with Crippen molar-refractivity contribution in [3.05, 3.63) is 24.5 Å². The summed E-state index contributed by atoms with van der Waals surface area (Å²) in [5, 5.41) is 5.71. The molecular weight excluding hydrogens is 282 g/mol. The van der Waals surface area contributed by atoms with Gasteiger partial charge in [0.15, 0.2) is 0 Å². The highest BCUT2D eigenvalue weighted by Crippen LogP contribution is 2.15. The molecule has 1 aliphatic heterocycles. The van der Waals surface area contributed by atoms with Crippen LogP contribution in [-0.4, -0.2) is 60.3 Å². The van der Waals surface area contributed by atoms with Gasteiger partial charge in [-0.05, 0) is 31.2 Å². The number of morpholine rings is 1. The van der Waals surface area contributed by atoms with Crippen LogP contribution in [0.2, 0.25) is 0 Å². The largest absolute Gasteiger partial charge is 0.379 e. The second-order valence-electron chi connectivity index (χ2n) is 5.32. The number of carbonyl (C=O) groups is 1. The first-order chi connectivity index (χ1) is 10.8. The van der Waals surface area contributed by atoms with Gasteiger partial charge in [0.2, 0.25) is 0 Å². The summed E-state index contributed by atoms with van der Waals surface area (Å²) in [6.45, 7) is 5.24. The number of urea groups is 1. The highest BCUT2D eigenvalue weighted by molar-refractivity contribution is 5.91. The van der Waals surface area contributed by atoms with Gasteiger partial charge in [0.25, 0.3) is 0 Å². The molecule has 1 aliphatic rings. The molecular formula is C15H21N5O2. The van der Waals surface area contributed by atoms with Crippen molar-refractivity contribution in [1.82, 2.24) is 20.2 Å². The van der Waals surface area contributed by atoms with Crippen molar-refractivity contribution in [3.63, 3.8) is 0 Å². The van der Waals surface area contributed by atoms with Crippen LogP contribution in [0, 0.1) is 0 Å². The van der Waals surface area contributed by atoms with Crippen LogP contribution < -0.4 is 10.6 Å². The van der Waals surface area contributed by atoms with Crippen LogP contribution in [-0.2, 0) is 4.74 Å². The lowest BCUT2D eigenvalue weighted by Gasteiger charge is -2.26. The third kappa shape index (κ3) is 3.96. The number of benzene rings is 1. The maximum Gasteiger partial charge on any atom is 0.319 e. The first-order valence-corrected chi connectivity index (χ1v) is 7.59. The van der Waals surface area contributed by atoms with E-state index in [0.717, 1.165) is 56.0 Å². The second-order valence-corrected chi connectivity index (χ2v) is 5.32. The summed E-state index contributed by atoms with van der Waals surface area (Å²) in [5.41, 5.74) is 2.55. The van der Waals surface area contributed by atoms with Gasteiger partial charge in [-0.25, -0.2) is 9.78 Å². The standard InChI is InChI=1S/C15H21N5O2/c21-15(16-4-1-5-20-6-8-22-9-7-20)19-12-2-3-13-14(10-12)18-11-17-13/h2-3,10-11H,1,4-9H2,(H,17,18)(H2,16,19,21). The average Bonchev–Trinajstić information content (AvgIpc) is 3.00. The zero-order valence-electron chi connectivity index (χ0n) is 12.5. The summed E-state index contributed by atoms with van der Waals surface area (Å²) in [4.78, 5) is 21.4. The number of ether oxygens (including phenoxy) is 1. The van der Waals surface area contributed by atoms with Gasteiger partial charge in [0.1, 0.15) is 0 Å². The topological polar surface area (TPSA) is 82.3 Å². The first kappa shape index (κ1) is 14.8. The lowest BCUT2D eigenvalue weighted by atomic mass is 10.3. The van der Waals surface area contributed by atoms with E-state index < -0.39 is 0 Å². The number of rotatable bonds is 5. The van der Waals surface area contributed by atoms with Gasteiger partial charge >= 0.3 is 6.03 Å². The molecule has 3 rings (SSSR count). The fourth-order valence-corrected chi connectivity index (χ4v) is 2.52.